The Hall–Kier alpha value is -1.39. The van der Waals surface area contributed by atoms with Crippen molar-refractivity contribution in [1.29, 1.82) is 0 Å². The molecule has 0 aliphatic carbocycles. The Kier molecular flexibility index (Phi) is 3.20. The van der Waals surface area contributed by atoms with E-state index in [0.717, 1.165) is 25.2 Å². The summed E-state index contributed by atoms with van der Waals surface area (Å²) < 4.78 is 2.53. The van der Waals surface area contributed by atoms with E-state index in [4.69, 9.17) is 4.98 Å². The second-order valence-electron chi connectivity index (χ2n) is 5.96. The number of hydrogen-bond donors (Lipinski definition) is 2. The van der Waals surface area contributed by atoms with E-state index in [0.29, 0.717) is 12.1 Å². The van der Waals surface area contributed by atoms with Gasteiger partial charge in [-0.25, -0.2) is 4.98 Å². The maximum absolute atomic E-state index is 4.95. The molecule has 2 aromatic rings. The molecule has 4 heteroatoms. The lowest BCUT2D eigenvalue weighted by Crippen LogP contribution is -2.31. The third-order valence-corrected chi connectivity index (χ3v) is 4.67. The first-order valence-corrected chi connectivity index (χ1v) is 7.84. The summed E-state index contributed by atoms with van der Waals surface area (Å²) in [5.74, 6) is 1.26. The van der Waals surface area contributed by atoms with E-state index in [1.807, 2.05) is 0 Å². The molecule has 2 fully saturated rings. The lowest BCUT2D eigenvalue weighted by atomic mass is 10.1. The van der Waals surface area contributed by atoms with E-state index in [1.54, 1.807) is 0 Å². The van der Waals surface area contributed by atoms with E-state index in [2.05, 4.69) is 39.5 Å². The molecule has 4 nitrogen and oxygen atoms in total. The number of fused-ring (bicyclic) bond motifs is 1. The zero-order chi connectivity index (χ0) is 13.4. The molecule has 2 N–H and O–H groups in total. The van der Waals surface area contributed by atoms with Gasteiger partial charge < -0.3 is 15.2 Å². The molecule has 0 spiro atoms. The number of hydrogen-bond acceptors (Lipinski definition) is 3. The summed E-state index contributed by atoms with van der Waals surface area (Å²) in [5.41, 5.74) is 2.46. The molecule has 20 heavy (non-hydrogen) atoms. The second kappa shape index (κ2) is 5.19. The zero-order valence-electron chi connectivity index (χ0n) is 11.8. The van der Waals surface area contributed by atoms with Crippen molar-refractivity contribution in [3.8, 4) is 0 Å². The summed E-state index contributed by atoms with van der Waals surface area (Å²) in [7, 11) is 0. The molecule has 0 saturated carbocycles. The van der Waals surface area contributed by atoms with Crippen LogP contribution in [-0.2, 0) is 0 Å². The number of rotatable bonds is 2. The van der Waals surface area contributed by atoms with Gasteiger partial charge in [-0.05, 0) is 57.5 Å². The third-order valence-electron chi connectivity index (χ3n) is 4.67. The van der Waals surface area contributed by atoms with Crippen molar-refractivity contribution >= 4 is 11.0 Å². The molecule has 1 atom stereocenters. The van der Waals surface area contributed by atoms with Gasteiger partial charge in [0.05, 0.1) is 17.1 Å². The van der Waals surface area contributed by atoms with Gasteiger partial charge in [-0.2, -0.15) is 0 Å². The highest BCUT2D eigenvalue weighted by atomic mass is 15.2. The van der Waals surface area contributed by atoms with Crippen LogP contribution >= 0.6 is 0 Å². The van der Waals surface area contributed by atoms with Crippen molar-refractivity contribution in [3.05, 3.63) is 30.1 Å². The molecule has 3 heterocycles. The summed E-state index contributed by atoms with van der Waals surface area (Å²) >= 11 is 0. The molecule has 2 aliphatic heterocycles. The number of piperidine rings is 1. The van der Waals surface area contributed by atoms with Crippen molar-refractivity contribution in [2.45, 2.75) is 37.8 Å². The van der Waals surface area contributed by atoms with Crippen LogP contribution in [0.3, 0.4) is 0 Å². The highest BCUT2D eigenvalue weighted by Gasteiger charge is 2.27. The lowest BCUT2D eigenvalue weighted by Gasteiger charge is -2.27. The van der Waals surface area contributed by atoms with Crippen LogP contribution in [0.1, 0.15) is 43.6 Å². The monoisotopic (exact) mass is 270 g/mol. The summed E-state index contributed by atoms with van der Waals surface area (Å²) in [6, 6.07) is 9.63. The van der Waals surface area contributed by atoms with Gasteiger partial charge in [0.25, 0.3) is 0 Å². The SMILES string of the molecule is c1ccc2c(c1)nc([C@@H]1CCCN1)n2C1CCNCC1. The number of benzene rings is 1. The van der Waals surface area contributed by atoms with Crippen molar-refractivity contribution in [2.24, 2.45) is 0 Å². The van der Waals surface area contributed by atoms with E-state index in [1.165, 1.54) is 37.0 Å². The van der Waals surface area contributed by atoms with Gasteiger partial charge >= 0.3 is 0 Å². The molecule has 2 saturated heterocycles. The minimum Gasteiger partial charge on any atom is -0.323 e. The minimum absolute atomic E-state index is 0.442. The minimum atomic E-state index is 0.442. The predicted octanol–water partition coefficient (Wildman–Crippen LogP) is 2.39. The fourth-order valence-corrected chi connectivity index (χ4v) is 3.66. The van der Waals surface area contributed by atoms with Crippen LogP contribution < -0.4 is 10.6 Å². The summed E-state index contributed by atoms with van der Waals surface area (Å²) in [4.78, 5) is 4.95. The molecule has 1 aromatic carbocycles. The molecule has 1 aromatic heterocycles. The smallest absolute Gasteiger partial charge is 0.127 e. The number of nitrogens with one attached hydrogen (secondary N) is 2. The van der Waals surface area contributed by atoms with Crippen LogP contribution in [0.4, 0.5) is 0 Å². The summed E-state index contributed by atoms with van der Waals surface area (Å²) in [6.07, 6.45) is 4.90. The van der Waals surface area contributed by atoms with Crippen molar-refractivity contribution in [2.75, 3.05) is 19.6 Å². The molecule has 0 amide bonds. The molecule has 0 bridgehead atoms. The molecular formula is C16H22N4. The zero-order valence-corrected chi connectivity index (χ0v) is 11.8. The third kappa shape index (κ3) is 2.03. The maximum atomic E-state index is 4.95. The average Bonchev–Trinajstić information content (AvgIpc) is 3.15. The van der Waals surface area contributed by atoms with Gasteiger partial charge in [0.2, 0.25) is 0 Å². The molecular weight excluding hydrogens is 248 g/mol. The second-order valence-corrected chi connectivity index (χ2v) is 5.96. The molecule has 0 radical (unpaired) electrons. The normalized spacial score (nSPS) is 24.5. The first-order valence-electron chi connectivity index (χ1n) is 7.84. The van der Waals surface area contributed by atoms with Gasteiger partial charge in [0.1, 0.15) is 5.82 Å². The largest absolute Gasteiger partial charge is 0.323 e. The number of nitrogens with zero attached hydrogens (tertiary/aromatic N) is 2. The molecule has 2 aliphatic rings. The van der Waals surface area contributed by atoms with Gasteiger partial charge in [0, 0.05) is 6.04 Å². The first kappa shape index (κ1) is 12.4. The Labute approximate surface area is 119 Å². The van der Waals surface area contributed by atoms with Crippen LogP contribution in [0, 0.1) is 0 Å². The Bertz CT molecular complexity index is 592. The van der Waals surface area contributed by atoms with Crippen molar-refractivity contribution < 1.29 is 0 Å². The van der Waals surface area contributed by atoms with E-state index < -0.39 is 0 Å². The number of para-hydroxylation sites is 2. The predicted molar refractivity (Wildman–Crippen MR) is 80.9 cm³/mol. The molecule has 4 rings (SSSR count). The van der Waals surface area contributed by atoms with E-state index in [9.17, 15) is 0 Å². The van der Waals surface area contributed by atoms with Crippen LogP contribution in [0.15, 0.2) is 24.3 Å². The Morgan fingerprint density at radius 1 is 1.05 bits per heavy atom. The molecule has 0 unspecified atom stereocenters. The highest BCUT2D eigenvalue weighted by molar-refractivity contribution is 5.76. The van der Waals surface area contributed by atoms with Gasteiger partial charge in [-0.1, -0.05) is 12.1 Å². The van der Waals surface area contributed by atoms with Crippen LogP contribution in [0.2, 0.25) is 0 Å². The Morgan fingerprint density at radius 2 is 1.90 bits per heavy atom. The average molecular weight is 270 g/mol. The molecule has 106 valence electrons. The fourth-order valence-electron chi connectivity index (χ4n) is 3.66. The van der Waals surface area contributed by atoms with Gasteiger partial charge in [0.15, 0.2) is 0 Å². The Morgan fingerprint density at radius 3 is 2.70 bits per heavy atom. The number of aromatic nitrogens is 2. The van der Waals surface area contributed by atoms with E-state index in [-0.39, 0.29) is 0 Å². The quantitative estimate of drug-likeness (QED) is 0.880. The van der Waals surface area contributed by atoms with Crippen molar-refractivity contribution in [1.82, 2.24) is 20.2 Å². The maximum Gasteiger partial charge on any atom is 0.127 e. The van der Waals surface area contributed by atoms with E-state index >= 15 is 0 Å². The fraction of sp³-hybridized carbons (Fsp3) is 0.562. The first-order chi connectivity index (χ1) is 9.93. The van der Waals surface area contributed by atoms with Crippen LogP contribution in [0.5, 0.6) is 0 Å². The lowest BCUT2D eigenvalue weighted by molar-refractivity contribution is 0.358. The summed E-state index contributed by atoms with van der Waals surface area (Å²) in [5, 5.41) is 7.08. The topological polar surface area (TPSA) is 41.9 Å². The van der Waals surface area contributed by atoms with Gasteiger partial charge in [-0.3, -0.25) is 0 Å². The van der Waals surface area contributed by atoms with Gasteiger partial charge in [-0.15, -0.1) is 0 Å². The van der Waals surface area contributed by atoms with Crippen LogP contribution in [0.25, 0.3) is 11.0 Å². The Balaban J connectivity index is 1.83. The summed E-state index contributed by atoms with van der Waals surface area (Å²) in [6.45, 7) is 3.36. The standard InChI is InChI=1S/C16H22N4/c1-2-6-15-13(4-1)19-16(14-5-3-9-18-14)20(15)12-7-10-17-11-8-12/h1-2,4,6,12,14,17-18H,3,5,7-11H2/t14-/m0/s1. The van der Waals surface area contributed by atoms with Crippen LogP contribution in [-0.4, -0.2) is 29.2 Å². The highest BCUT2D eigenvalue weighted by Crippen LogP contribution is 2.32. The number of imidazole rings is 1. The van der Waals surface area contributed by atoms with Crippen molar-refractivity contribution in [3.63, 3.8) is 0 Å².